The number of hydrogen-bond acceptors (Lipinski definition) is 7. The second-order valence-corrected chi connectivity index (χ2v) is 7.43. The number of hydrogen-bond donors (Lipinski definition) is 1. The molecule has 1 amide bonds. The Bertz CT molecular complexity index is 1170. The molecule has 0 saturated heterocycles. The minimum absolute atomic E-state index is 0.289. The first kappa shape index (κ1) is 18.1. The number of anilines is 1. The topological polar surface area (TPSA) is 94.3 Å². The van der Waals surface area contributed by atoms with Crippen molar-refractivity contribution in [1.29, 1.82) is 0 Å². The molecule has 0 bridgehead atoms. The highest BCUT2D eigenvalue weighted by molar-refractivity contribution is 7.15. The lowest BCUT2D eigenvalue weighted by molar-refractivity contribution is 0.102. The second kappa shape index (κ2) is 7.35. The fourth-order valence-corrected chi connectivity index (χ4v) is 3.49. The van der Waals surface area contributed by atoms with Crippen LogP contribution in [0.3, 0.4) is 0 Å². The van der Waals surface area contributed by atoms with Gasteiger partial charge in [-0.25, -0.2) is 9.50 Å². The lowest BCUT2D eigenvalue weighted by Gasteiger charge is -2.07. The van der Waals surface area contributed by atoms with Gasteiger partial charge in [0.05, 0.1) is 17.5 Å². The van der Waals surface area contributed by atoms with Gasteiger partial charge in [0.2, 0.25) is 5.13 Å². The maximum absolute atomic E-state index is 12.6. The Morgan fingerprint density at radius 2 is 2.07 bits per heavy atom. The van der Waals surface area contributed by atoms with Crippen LogP contribution in [0.4, 0.5) is 5.13 Å². The Balaban J connectivity index is 1.43. The Hall–Kier alpha value is -3.33. The van der Waals surface area contributed by atoms with E-state index < -0.39 is 0 Å². The van der Waals surface area contributed by atoms with E-state index in [1.165, 1.54) is 23.1 Å². The summed E-state index contributed by atoms with van der Waals surface area (Å²) in [7, 11) is 0. The first-order valence-electron chi connectivity index (χ1n) is 8.64. The SMILES string of the molecule is Cc1ccc(OCc2nnc(NC(=O)c3cnc4ccnn4c3C)s2)c(C)c1. The fraction of sp³-hybridized carbons (Fsp3) is 0.211. The van der Waals surface area contributed by atoms with Gasteiger partial charge in [-0.1, -0.05) is 29.0 Å². The molecule has 8 nitrogen and oxygen atoms in total. The van der Waals surface area contributed by atoms with Crippen molar-refractivity contribution in [2.24, 2.45) is 0 Å². The van der Waals surface area contributed by atoms with Crippen LogP contribution in [0.1, 0.15) is 32.2 Å². The van der Waals surface area contributed by atoms with Gasteiger partial charge in [0.1, 0.15) is 12.4 Å². The number of ether oxygens (including phenoxy) is 1. The van der Waals surface area contributed by atoms with E-state index in [1.54, 1.807) is 16.8 Å². The number of nitrogens with zero attached hydrogens (tertiary/aromatic N) is 5. The van der Waals surface area contributed by atoms with E-state index in [-0.39, 0.29) is 12.5 Å². The minimum atomic E-state index is -0.305. The predicted octanol–water partition coefficient (Wildman–Crippen LogP) is 3.34. The monoisotopic (exact) mass is 394 g/mol. The van der Waals surface area contributed by atoms with Crippen LogP contribution in [0, 0.1) is 20.8 Å². The van der Waals surface area contributed by atoms with E-state index in [4.69, 9.17) is 4.74 Å². The molecule has 0 atom stereocenters. The molecule has 0 aliphatic heterocycles. The molecule has 28 heavy (non-hydrogen) atoms. The van der Waals surface area contributed by atoms with Crippen molar-refractivity contribution in [3.63, 3.8) is 0 Å². The molecule has 9 heteroatoms. The zero-order chi connectivity index (χ0) is 19.7. The fourth-order valence-electron chi connectivity index (χ4n) is 2.84. The molecule has 0 fully saturated rings. The summed E-state index contributed by atoms with van der Waals surface area (Å²) in [6.45, 7) is 6.15. The van der Waals surface area contributed by atoms with Gasteiger partial charge in [0.25, 0.3) is 5.91 Å². The number of fused-ring (bicyclic) bond motifs is 1. The quantitative estimate of drug-likeness (QED) is 0.558. The van der Waals surface area contributed by atoms with Crippen molar-refractivity contribution in [3.8, 4) is 5.75 Å². The molecule has 0 aliphatic rings. The summed E-state index contributed by atoms with van der Waals surface area (Å²) in [5.74, 6) is 0.501. The Labute approximate surface area is 165 Å². The minimum Gasteiger partial charge on any atom is -0.486 e. The summed E-state index contributed by atoms with van der Waals surface area (Å²) in [6, 6.07) is 7.78. The molecule has 1 N–H and O–H groups in total. The lowest BCUT2D eigenvalue weighted by Crippen LogP contribution is -2.16. The number of carbonyl (C=O) groups excluding carboxylic acids is 1. The highest BCUT2D eigenvalue weighted by Crippen LogP contribution is 2.22. The predicted molar refractivity (Wildman–Crippen MR) is 106 cm³/mol. The van der Waals surface area contributed by atoms with Gasteiger partial charge < -0.3 is 4.74 Å². The molecule has 0 unspecified atom stereocenters. The van der Waals surface area contributed by atoms with E-state index >= 15 is 0 Å². The molecule has 3 aromatic heterocycles. The summed E-state index contributed by atoms with van der Waals surface area (Å²) in [6.07, 6.45) is 3.18. The first-order chi connectivity index (χ1) is 13.5. The zero-order valence-electron chi connectivity index (χ0n) is 15.6. The Morgan fingerprint density at radius 3 is 2.89 bits per heavy atom. The second-order valence-electron chi connectivity index (χ2n) is 6.37. The van der Waals surface area contributed by atoms with Gasteiger partial charge in [-0.15, -0.1) is 10.2 Å². The van der Waals surface area contributed by atoms with Crippen LogP contribution in [-0.4, -0.2) is 30.7 Å². The molecular weight excluding hydrogens is 376 g/mol. The van der Waals surface area contributed by atoms with Crippen LogP contribution in [0.2, 0.25) is 0 Å². The number of nitrogens with one attached hydrogen (secondary N) is 1. The average molecular weight is 394 g/mol. The smallest absolute Gasteiger partial charge is 0.260 e. The maximum Gasteiger partial charge on any atom is 0.260 e. The number of aryl methyl sites for hydroxylation is 3. The van der Waals surface area contributed by atoms with Gasteiger partial charge in [0, 0.05) is 12.3 Å². The van der Waals surface area contributed by atoms with Crippen molar-refractivity contribution >= 4 is 28.0 Å². The third kappa shape index (κ3) is 3.56. The van der Waals surface area contributed by atoms with Crippen LogP contribution in [0.15, 0.2) is 36.7 Å². The summed E-state index contributed by atoms with van der Waals surface area (Å²) in [5, 5.41) is 16.1. The van der Waals surface area contributed by atoms with E-state index in [9.17, 15) is 4.79 Å². The van der Waals surface area contributed by atoms with Crippen molar-refractivity contribution in [3.05, 3.63) is 64.1 Å². The molecule has 0 aliphatic carbocycles. The number of rotatable bonds is 5. The number of benzene rings is 1. The van der Waals surface area contributed by atoms with E-state index in [2.05, 4.69) is 31.7 Å². The largest absolute Gasteiger partial charge is 0.486 e. The molecule has 4 rings (SSSR count). The van der Waals surface area contributed by atoms with E-state index in [0.29, 0.717) is 27.0 Å². The zero-order valence-corrected chi connectivity index (χ0v) is 16.4. The first-order valence-corrected chi connectivity index (χ1v) is 9.46. The number of carbonyl (C=O) groups is 1. The summed E-state index contributed by atoms with van der Waals surface area (Å²) < 4.78 is 7.44. The maximum atomic E-state index is 12.6. The van der Waals surface area contributed by atoms with E-state index in [0.717, 1.165) is 11.3 Å². The van der Waals surface area contributed by atoms with Crippen LogP contribution in [0.25, 0.3) is 5.65 Å². The molecular formula is C19H18N6O2S. The van der Waals surface area contributed by atoms with Crippen molar-refractivity contribution in [2.45, 2.75) is 27.4 Å². The standard InChI is InChI=1S/C19H18N6O2S/c1-11-4-5-15(12(2)8-11)27-10-17-23-24-19(28-17)22-18(26)14-9-20-16-6-7-21-25(16)13(14)3/h4-9H,10H2,1-3H3,(H,22,24,26). The highest BCUT2D eigenvalue weighted by Gasteiger charge is 2.15. The van der Waals surface area contributed by atoms with Crippen molar-refractivity contribution in [2.75, 3.05) is 5.32 Å². The van der Waals surface area contributed by atoms with Crippen molar-refractivity contribution in [1.82, 2.24) is 24.8 Å². The van der Waals surface area contributed by atoms with E-state index in [1.807, 2.05) is 32.9 Å². The van der Waals surface area contributed by atoms with Gasteiger partial charge in [-0.3, -0.25) is 10.1 Å². The van der Waals surface area contributed by atoms with Crippen LogP contribution in [0.5, 0.6) is 5.75 Å². The summed E-state index contributed by atoms with van der Waals surface area (Å²) in [4.78, 5) is 16.8. The third-order valence-corrected chi connectivity index (χ3v) is 5.08. The van der Waals surface area contributed by atoms with Gasteiger partial charge in [-0.05, 0) is 32.4 Å². The Kier molecular flexibility index (Phi) is 4.74. The highest BCUT2D eigenvalue weighted by atomic mass is 32.1. The van der Waals surface area contributed by atoms with Gasteiger partial charge >= 0.3 is 0 Å². The lowest BCUT2D eigenvalue weighted by atomic mass is 10.1. The molecule has 0 spiro atoms. The Morgan fingerprint density at radius 1 is 1.21 bits per heavy atom. The van der Waals surface area contributed by atoms with Crippen LogP contribution in [-0.2, 0) is 6.61 Å². The normalized spacial score (nSPS) is 11.0. The summed E-state index contributed by atoms with van der Waals surface area (Å²) in [5.41, 5.74) is 4.07. The molecule has 3 heterocycles. The number of aromatic nitrogens is 5. The molecule has 0 saturated carbocycles. The third-order valence-electron chi connectivity index (χ3n) is 4.27. The van der Waals surface area contributed by atoms with Crippen molar-refractivity contribution < 1.29 is 9.53 Å². The average Bonchev–Trinajstić information content (AvgIpc) is 3.31. The van der Waals surface area contributed by atoms with Crippen LogP contribution >= 0.6 is 11.3 Å². The summed E-state index contributed by atoms with van der Waals surface area (Å²) >= 11 is 1.27. The molecule has 4 aromatic rings. The van der Waals surface area contributed by atoms with Gasteiger partial charge in [-0.2, -0.15) is 5.10 Å². The van der Waals surface area contributed by atoms with Crippen LogP contribution < -0.4 is 10.1 Å². The molecule has 142 valence electrons. The molecule has 0 radical (unpaired) electrons. The van der Waals surface area contributed by atoms with Gasteiger partial charge in [0.15, 0.2) is 10.7 Å². The number of amides is 1. The molecule has 1 aromatic carbocycles.